The van der Waals surface area contributed by atoms with Gasteiger partial charge in [-0.25, -0.2) is 0 Å². The Labute approximate surface area is 341 Å². The molecule has 9 N–H and O–H groups in total. The molecule has 0 aromatic heterocycles. The van der Waals surface area contributed by atoms with Crippen LogP contribution in [0.15, 0.2) is 84.9 Å². The van der Waals surface area contributed by atoms with Gasteiger partial charge >= 0.3 is 0 Å². The molecule has 0 aliphatic carbocycles. The number of nitrogens with two attached hydrogens (primary N) is 2. The number of carbonyl (C=O) groups excluding carboxylic acids is 5. The van der Waals surface area contributed by atoms with Crippen LogP contribution in [0.1, 0.15) is 69.1 Å². The fourth-order valence-electron chi connectivity index (χ4n) is 6.89. The first kappa shape index (κ1) is 45.4. The van der Waals surface area contributed by atoms with Crippen LogP contribution in [-0.4, -0.2) is 103 Å². The van der Waals surface area contributed by atoms with Crippen molar-refractivity contribution in [3.8, 4) is 5.75 Å². The Balaban J connectivity index is 1.26. The summed E-state index contributed by atoms with van der Waals surface area (Å²) in [5.41, 5.74) is 14.4. The van der Waals surface area contributed by atoms with Gasteiger partial charge in [-0.1, -0.05) is 92.7 Å². The molecule has 58 heavy (non-hydrogen) atoms. The standard InChI is InChI=1S/C44H61N7O7/c1-30(2)40(50-39(53)22-26-51-24-20-34(21-25-51)58-38-19-10-9-17-33(38)27-31-13-5-3-6-14-31)44(57)49-37(29-52)43(56)47-35(18-11-12-23-45)42(55)48-36(41(46)54)28-32-15-7-4-8-16-32/h3-10,13-17,19,30,34-37,40,52H,11-12,18,20-29,45H2,1-2H3,(H2,46,54)(H,47,56)(H,48,55)(H,49,57)(H,50,53)/t35-,36+,37-,40-/m0/s1. The minimum Gasteiger partial charge on any atom is -0.490 e. The minimum absolute atomic E-state index is 0.0648. The van der Waals surface area contributed by atoms with Crippen molar-refractivity contribution in [3.63, 3.8) is 0 Å². The first-order valence-electron chi connectivity index (χ1n) is 20.3. The van der Waals surface area contributed by atoms with Crippen molar-refractivity contribution in [1.29, 1.82) is 0 Å². The predicted molar refractivity (Wildman–Crippen MR) is 222 cm³/mol. The summed E-state index contributed by atoms with van der Waals surface area (Å²) in [5, 5.41) is 20.7. The number of piperidine rings is 1. The molecule has 4 rings (SSSR count). The smallest absolute Gasteiger partial charge is 0.245 e. The number of hydrogen-bond acceptors (Lipinski definition) is 9. The SMILES string of the molecule is CC(C)[C@H](NC(=O)CCN1CCC(Oc2ccccc2Cc2ccccc2)CC1)C(=O)N[C@@H](CO)C(=O)N[C@@H](CCCCN)C(=O)N[C@H](Cc1ccccc1)C(N)=O. The van der Waals surface area contributed by atoms with Gasteiger partial charge in [0.25, 0.3) is 0 Å². The van der Waals surface area contributed by atoms with Crippen molar-refractivity contribution in [3.05, 3.63) is 102 Å². The average molecular weight is 800 g/mol. The number of likely N-dealkylation sites (tertiary alicyclic amines) is 1. The zero-order valence-corrected chi connectivity index (χ0v) is 33.7. The lowest BCUT2D eigenvalue weighted by atomic mass is 10.0. The third-order valence-electron chi connectivity index (χ3n) is 10.3. The highest BCUT2D eigenvalue weighted by molar-refractivity contribution is 5.95. The average Bonchev–Trinajstić information content (AvgIpc) is 3.22. The highest BCUT2D eigenvalue weighted by Crippen LogP contribution is 2.25. The molecule has 1 heterocycles. The maximum Gasteiger partial charge on any atom is 0.245 e. The summed E-state index contributed by atoms with van der Waals surface area (Å²) in [7, 11) is 0. The molecule has 314 valence electrons. The summed E-state index contributed by atoms with van der Waals surface area (Å²) in [6, 6.07) is 22.9. The van der Waals surface area contributed by atoms with E-state index < -0.39 is 54.4 Å². The largest absolute Gasteiger partial charge is 0.490 e. The fourth-order valence-corrected chi connectivity index (χ4v) is 6.89. The summed E-state index contributed by atoms with van der Waals surface area (Å²) in [6.45, 7) is 5.18. The van der Waals surface area contributed by atoms with E-state index in [1.54, 1.807) is 38.1 Å². The monoisotopic (exact) mass is 799 g/mol. The van der Waals surface area contributed by atoms with Crippen molar-refractivity contribution in [2.45, 2.75) is 95.5 Å². The molecule has 4 atom stereocenters. The highest BCUT2D eigenvalue weighted by Gasteiger charge is 2.32. The highest BCUT2D eigenvalue weighted by atomic mass is 16.5. The number of carbonyl (C=O) groups is 5. The third kappa shape index (κ3) is 14.9. The molecule has 0 radical (unpaired) electrons. The molecule has 14 nitrogen and oxygen atoms in total. The van der Waals surface area contributed by atoms with Gasteiger partial charge in [-0.05, 0) is 67.3 Å². The van der Waals surface area contributed by atoms with Gasteiger partial charge in [0.1, 0.15) is 36.0 Å². The van der Waals surface area contributed by atoms with Gasteiger partial charge < -0.3 is 47.5 Å². The molecule has 1 aliphatic rings. The van der Waals surface area contributed by atoms with Crippen LogP contribution >= 0.6 is 0 Å². The molecule has 3 aromatic rings. The number of aliphatic hydroxyl groups is 1. The van der Waals surface area contributed by atoms with E-state index in [2.05, 4.69) is 44.4 Å². The van der Waals surface area contributed by atoms with Gasteiger partial charge in [0.2, 0.25) is 29.5 Å². The maximum absolute atomic E-state index is 13.5. The Morgan fingerprint density at radius 1 is 0.759 bits per heavy atom. The molecule has 1 aliphatic heterocycles. The lowest BCUT2D eigenvalue weighted by Gasteiger charge is -2.32. The van der Waals surface area contributed by atoms with Gasteiger partial charge in [0.15, 0.2) is 0 Å². The number of benzene rings is 3. The van der Waals surface area contributed by atoms with E-state index in [4.69, 9.17) is 16.2 Å². The second kappa shape index (κ2) is 23.8. The second-order valence-electron chi connectivity index (χ2n) is 15.2. The van der Waals surface area contributed by atoms with Crippen LogP contribution in [-0.2, 0) is 36.8 Å². The molecule has 0 saturated carbocycles. The van der Waals surface area contributed by atoms with E-state index in [0.29, 0.717) is 25.9 Å². The Kier molecular flexibility index (Phi) is 18.6. The van der Waals surface area contributed by atoms with Crippen LogP contribution in [0.4, 0.5) is 0 Å². The first-order valence-corrected chi connectivity index (χ1v) is 20.3. The lowest BCUT2D eigenvalue weighted by Crippen LogP contribution is -2.59. The van der Waals surface area contributed by atoms with Crippen LogP contribution in [0.2, 0.25) is 0 Å². The zero-order valence-electron chi connectivity index (χ0n) is 33.7. The van der Waals surface area contributed by atoms with Crippen LogP contribution < -0.4 is 37.5 Å². The number of para-hydroxylation sites is 1. The van der Waals surface area contributed by atoms with Crippen molar-refractivity contribution in [1.82, 2.24) is 26.2 Å². The summed E-state index contributed by atoms with van der Waals surface area (Å²) >= 11 is 0. The summed E-state index contributed by atoms with van der Waals surface area (Å²) in [4.78, 5) is 67.8. The molecular formula is C44H61N7O7. The van der Waals surface area contributed by atoms with Crippen molar-refractivity contribution in [2.24, 2.45) is 17.4 Å². The van der Waals surface area contributed by atoms with E-state index in [9.17, 15) is 29.1 Å². The topological polar surface area (TPSA) is 218 Å². The molecule has 1 fully saturated rings. The summed E-state index contributed by atoms with van der Waals surface area (Å²) in [5.74, 6) is -2.59. The van der Waals surface area contributed by atoms with Crippen LogP contribution in [0.25, 0.3) is 0 Å². The van der Waals surface area contributed by atoms with Gasteiger partial charge in [0, 0.05) is 38.9 Å². The van der Waals surface area contributed by atoms with Crippen molar-refractivity contribution in [2.75, 3.05) is 32.8 Å². The van der Waals surface area contributed by atoms with Gasteiger partial charge in [-0.3, -0.25) is 24.0 Å². The molecule has 0 unspecified atom stereocenters. The quantitative estimate of drug-likeness (QED) is 0.0697. The Hall–Kier alpha value is -5.31. The van der Waals surface area contributed by atoms with E-state index in [0.717, 1.165) is 49.2 Å². The number of amides is 5. The number of rotatable bonds is 23. The number of primary amides is 1. The van der Waals surface area contributed by atoms with Gasteiger partial charge in [-0.15, -0.1) is 0 Å². The summed E-state index contributed by atoms with van der Waals surface area (Å²) < 4.78 is 6.46. The van der Waals surface area contributed by atoms with E-state index in [-0.39, 0.29) is 37.2 Å². The molecule has 5 amide bonds. The molecule has 1 saturated heterocycles. The van der Waals surface area contributed by atoms with Gasteiger partial charge in [0.05, 0.1) is 6.61 Å². The van der Waals surface area contributed by atoms with Gasteiger partial charge in [-0.2, -0.15) is 0 Å². The molecular weight excluding hydrogens is 739 g/mol. The van der Waals surface area contributed by atoms with Crippen LogP contribution in [0, 0.1) is 5.92 Å². The Morgan fingerprint density at radius 3 is 1.97 bits per heavy atom. The molecule has 14 heteroatoms. The third-order valence-corrected chi connectivity index (χ3v) is 10.3. The Morgan fingerprint density at radius 2 is 1.34 bits per heavy atom. The number of aliphatic hydroxyl groups excluding tert-OH is 1. The number of ether oxygens (including phenoxy) is 1. The van der Waals surface area contributed by atoms with Crippen LogP contribution in [0.3, 0.4) is 0 Å². The fraction of sp³-hybridized carbons (Fsp3) is 0.477. The van der Waals surface area contributed by atoms with Crippen molar-refractivity contribution < 1.29 is 33.8 Å². The lowest BCUT2D eigenvalue weighted by molar-refractivity contribution is -0.135. The number of unbranched alkanes of at least 4 members (excludes halogenated alkanes) is 1. The van der Waals surface area contributed by atoms with E-state index in [1.807, 2.05) is 42.5 Å². The predicted octanol–water partition coefficient (Wildman–Crippen LogP) is 1.96. The first-order chi connectivity index (χ1) is 28.0. The van der Waals surface area contributed by atoms with Crippen LogP contribution in [0.5, 0.6) is 5.75 Å². The molecule has 3 aromatic carbocycles. The minimum atomic E-state index is -1.42. The van der Waals surface area contributed by atoms with E-state index in [1.165, 1.54) is 5.56 Å². The normalized spacial score (nSPS) is 15.4. The maximum atomic E-state index is 13.5. The zero-order chi connectivity index (χ0) is 41.9. The Bertz CT molecular complexity index is 1750. The van der Waals surface area contributed by atoms with E-state index >= 15 is 0 Å². The second-order valence-corrected chi connectivity index (χ2v) is 15.2. The number of hydrogen-bond donors (Lipinski definition) is 7. The number of nitrogens with one attached hydrogen (secondary N) is 4. The molecule has 0 spiro atoms. The van der Waals surface area contributed by atoms with Crippen molar-refractivity contribution >= 4 is 29.5 Å². The number of nitrogens with zero attached hydrogens (tertiary/aromatic N) is 1. The molecule has 0 bridgehead atoms. The summed E-state index contributed by atoms with van der Waals surface area (Å²) in [6.07, 6.45) is 4.07.